The number of carbonyl (C=O) groups is 1. The highest BCUT2D eigenvalue weighted by atomic mass is 35.5. The number of carbonyl (C=O) groups excluding carboxylic acids is 1. The molecule has 1 aliphatic heterocycles. The van der Waals surface area contributed by atoms with Crippen LogP contribution in [0.5, 0.6) is 0 Å². The predicted octanol–water partition coefficient (Wildman–Crippen LogP) is 2.19. The lowest BCUT2D eigenvalue weighted by atomic mass is 10.3. The van der Waals surface area contributed by atoms with E-state index in [0.717, 1.165) is 0 Å². The van der Waals surface area contributed by atoms with Gasteiger partial charge in [-0.05, 0) is 11.6 Å². The van der Waals surface area contributed by atoms with E-state index in [1.165, 1.54) is 0 Å². The Labute approximate surface area is 103 Å². The summed E-state index contributed by atoms with van der Waals surface area (Å²) in [6, 6.07) is 0. The molecule has 2 heterocycles. The number of nitrogens with zero attached hydrogens (tertiary/aromatic N) is 3. The Hall–Kier alpha value is -1.08. The predicted molar refractivity (Wildman–Crippen MR) is 52.4 cm³/mol. The third kappa shape index (κ3) is 2.30. The van der Waals surface area contributed by atoms with Crippen LogP contribution in [-0.4, -0.2) is 27.0 Å². The van der Waals surface area contributed by atoms with E-state index in [1.54, 1.807) is 0 Å². The minimum Gasteiger partial charge on any atom is -0.324 e. The zero-order chi connectivity index (χ0) is 12.8. The van der Waals surface area contributed by atoms with Crippen LogP contribution in [-0.2, 0) is 17.9 Å². The largest absolute Gasteiger partial charge is 0.471 e. The minimum absolute atomic E-state index is 0.0301. The van der Waals surface area contributed by atoms with E-state index in [2.05, 4.69) is 9.97 Å². The van der Waals surface area contributed by atoms with Crippen molar-refractivity contribution in [3.8, 4) is 0 Å². The van der Waals surface area contributed by atoms with Crippen molar-refractivity contribution in [3.63, 3.8) is 0 Å². The summed E-state index contributed by atoms with van der Waals surface area (Å²) >= 11 is 11.2. The Morgan fingerprint density at radius 3 is 2.47 bits per heavy atom. The number of hydrogen-bond acceptors (Lipinski definition) is 3. The number of hydrogen-bond donors (Lipinski definition) is 0. The van der Waals surface area contributed by atoms with Gasteiger partial charge in [-0.15, -0.1) is 0 Å². The SMILES string of the molecule is O=C(N1Cc2nc(Cl)nc(Cl)c2C1)C(F)(F)F. The number of alkyl halides is 3. The lowest BCUT2D eigenvalue weighted by molar-refractivity contribution is -0.186. The van der Waals surface area contributed by atoms with Crippen molar-refractivity contribution in [2.24, 2.45) is 0 Å². The molecule has 2 rings (SSSR count). The van der Waals surface area contributed by atoms with Crippen molar-refractivity contribution in [1.29, 1.82) is 0 Å². The summed E-state index contributed by atoms with van der Waals surface area (Å²) in [6.45, 7) is -0.528. The third-order valence-corrected chi connectivity index (χ3v) is 2.72. The molecule has 0 fully saturated rings. The van der Waals surface area contributed by atoms with Gasteiger partial charge in [-0.2, -0.15) is 13.2 Å². The fourth-order valence-corrected chi connectivity index (χ4v) is 1.99. The molecule has 0 saturated heterocycles. The van der Waals surface area contributed by atoms with Gasteiger partial charge < -0.3 is 4.90 Å². The third-order valence-electron chi connectivity index (χ3n) is 2.23. The van der Waals surface area contributed by atoms with Gasteiger partial charge in [-0.1, -0.05) is 11.6 Å². The molecule has 1 amide bonds. The van der Waals surface area contributed by atoms with E-state index >= 15 is 0 Å². The topological polar surface area (TPSA) is 46.1 Å². The summed E-state index contributed by atoms with van der Waals surface area (Å²) in [5, 5.41) is -0.187. The van der Waals surface area contributed by atoms with Crippen LogP contribution < -0.4 is 0 Å². The van der Waals surface area contributed by atoms with Crippen molar-refractivity contribution >= 4 is 29.1 Å². The summed E-state index contributed by atoms with van der Waals surface area (Å²) < 4.78 is 36.7. The monoisotopic (exact) mass is 285 g/mol. The number of fused-ring (bicyclic) bond motifs is 1. The van der Waals surface area contributed by atoms with Gasteiger partial charge in [0.15, 0.2) is 0 Å². The first-order chi connectivity index (χ1) is 7.79. The van der Waals surface area contributed by atoms with E-state index in [0.29, 0.717) is 10.5 Å². The Morgan fingerprint density at radius 1 is 1.24 bits per heavy atom. The molecule has 0 unspecified atom stereocenters. The van der Waals surface area contributed by atoms with Crippen LogP contribution in [0.1, 0.15) is 11.3 Å². The summed E-state index contributed by atoms with van der Waals surface area (Å²) in [5.74, 6) is -1.93. The zero-order valence-corrected chi connectivity index (χ0v) is 9.57. The minimum atomic E-state index is -4.91. The second kappa shape index (κ2) is 3.99. The van der Waals surface area contributed by atoms with E-state index in [4.69, 9.17) is 23.2 Å². The summed E-state index contributed by atoms with van der Waals surface area (Å²) in [5.41, 5.74) is 0.543. The molecule has 0 radical (unpaired) electrons. The number of halogens is 5. The van der Waals surface area contributed by atoms with Crippen molar-refractivity contribution in [2.75, 3.05) is 0 Å². The van der Waals surface area contributed by atoms with Gasteiger partial charge in [0.2, 0.25) is 5.28 Å². The quantitative estimate of drug-likeness (QED) is 0.542. The van der Waals surface area contributed by atoms with Crippen LogP contribution >= 0.6 is 23.2 Å². The maximum absolute atomic E-state index is 12.2. The van der Waals surface area contributed by atoms with Crippen LogP contribution in [0, 0.1) is 0 Å². The Bertz CT molecular complexity index is 492. The van der Waals surface area contributed by atoms with Crippen LogP contribution in [0.2, 0.25) is 10.4 Å². The van der Waals surface area contributed by atoms with Gasteiger partial charge in [-0.25, -0.2) is 9.97 Å². The molecule has 1 aromatic heterocycles. The van der Waals surface area contributed by atoms with Gasteiger partial charge in [0.25, 0.3) is 0 Å². The Balaban J connectivity index is 2.28. The molecule has 17 heavy (non-hydrogen) atoms. The first-order valence-corrected chi connectivity index (χ1v) is 5.11. The molecule has 0 bridgehead atoms. The van der Waals surface area contributed by atoms with Crippen molar-refractivity contribution < 1.29 is 18.0 Å². The van der Waals surface area contributed by atoms with E-state index < -0.39 is 12.1 Å². The lowest BCUT2D eigenvalue weighted by Gasteiger charge is -2.16. The van der Waals surface area contributed by atoms with Gasteiger partial charge >= 0.3 is 12.1 Å². The Morgan fingerprint density at radius 2 is 1.88 bits per heavy atom. The fourth-order valence-electron chi connectivity index (χ4n) is 1.51. The summed E-state index contributed by atoms with van der Waals surface area (Å²) in [7, 11) is 0. The van der Waals surface area contributed by atoms with Crippen LogP contribution in [0.15, 0.2) is 0 Å². The molecule has 4 nitrogen and oxygen atoms in total. The summed E-state index contributed by atoms with van der Waals surface area (Å²) in [6.07, 6.45) is -4.91. The van der Waals surface area contributed by atoms with Gasteiger partial charge in [0.1, 0.15) is 5.15 Å². The molecular formula is C8H4Cl2F3N3O. The molecule has 0 N–H and O–H groups in total. The molecule has 0 saturated carbocycles. The second-order valence-corrected chi connectivity index (χ2v) is 4.06. The molecule has 9 heteroatoms. The smallest absolute Gasteiger partial charge is 0.324 e. The average Bonchev–Trinajstić information content (AvgIpc) is 2.58. The summed E-state index contributed by atoms with van der Waals surface area (Å²) in [4.78, 5) is 18.9. The highest BCUT2D eigenvalue weighted by molar-refractivity contribution is 6.32. The lowest BCUT2D eigenvalue weighted by Crippen LogP contribution is -2.37. The normalized spacial score (nSPS) is 15.0. The van der Waals surface area contributed by atoms with Crippen LogP contribution in [0.4, 0.5) is 13.2 Å². The van der Waals surface area contributed by atoms with E-state index in [9.17, 15) is 18.0 Å². The number of rotatable bonds is 0. The molecular weight excluding hydrogens is 282 g/mol. The van der Waals surface area contributed by atoms with Gasteiger partial charge in [-0.3, -0.25) is 4.79 Å². The first-order valence-electron chi connectivity index (χ1n) is 4.36. The second-order valence-electron chi connectivity index (χ2n) is 3.37. The van der Waals surface area contributed by atoms with Crippen molar-refractivity contribution in [1.82, 2.24) is 14.9 Å². The standard InChI is InChI=1S/C8H4Cl2F3N3O/c9-5-3-1-16(6(17)8(11,12)13)2-4(3)14-7(10)15-5/h1-2H2. The van der Waals surface area contributed by atoms with Gasteiger partial charge in [0.05, 0.1) is 18.8 Å². The first kappa shape index (κ1) is 12.4. The molecule has 0 spiro atoms. The van der Waals surface area contributed by atoms with E-state index in [-0.39, 0.29) is 29.2 Å². The average molecular weight is 286 g/mol. The highest BCUT2D eigenvalue weighted by Crippen LogP contribution is 2.30. The Kier molecular flexibility index (Phi) is 2.90. The van der Waals surface area contributed by atoms with E-state index in [1.807, 2.05) is 0 Å². The molecule has 92 valence electrons. The van der Waals surface area contributed by atoms with Crippen molar-refractivity contribution in [2.45, 2.75) is 19.3 Å². The van der Waals surface area contributed by atoms with Crippen LogP contribution in [0.25, 0.3) is 0 Å². The zero-order valence-electron chi connectivity index (χ0n) is 8.05. The maximum atomic E-state index is 12.2. The fraction of sp³-hybridized carbons (Fsp3) is 0.375. The number of aromatic nitrogens is 2. The van der Waals surface area contributed by atoms with Crippen molar-refractivity contribution in [3.05, 3.63) is 21.7 Å². The highest BCUT2D eigenvalue weighted by Gasteiger charge is 2.44. The molecule has 1 aromatic rings. The van der Waals surface area contributed by atoms with Gasteiger partial charge in [0, 0.05) is 5.56 Å². The molecule has 1 aliphatic rings. The maximum Gasteiger partial charge on any atom is 0.471 e. The van der Waals surface area contributed by atoms with Crippen LogP contribution in [0.3, 0.4) is 0 Å². The number of amides is 1. The molecule has 0 aliphatic carbocycles. The molecule has 0 atom stereocenters. The molecule has 0 aromatic carbocycles.